The summed E-state index contributed by atoms with van der Waals surface area (Å²) in [6.07, 6.45) is -1.78. The van der Waals surface area contributed by atoms with Crippen LogP contribution < -0.4 is 0 Å². The molecule has 0 aliphatic carbocycles. The Bertz CT molecular complexity index is 429. The molecule has 7 heteroatoms. The molecule has 1 aromatic rings. The number of alkyl halides is 2. The number of nitrogens with zero attached hydrogens (tertiary/aromatic N) is 1. The van der Waals surface area contributed by atoms with Crippen molar-refractivity contribution in [2.75, 3.05) is 6.61 Å². The fourth-order valence-corrected chi connectivity index (χ4v) is 1.97. The Kier molecular flexibility index (Phi) is 5.27. The molecule has 3 nitrogen and oxygen atoms in total. The van der Waals surface area contributed by atoms with Gasteiger partial charge in [-0.25, -0.2) is 13.8 Å². The standard InChI is InChI=1S/C10H9BrClF2NO2/c1-2-17-7(16)3-5-6(11)4-15-9(12)8(5)10(13)14/h4,10H,2-3H2,1H3. The maximum Gasteiger partial charge on any atom is 0.310 e. The molecule has 0 spiro atoms. The van der Waals surface area contributed by atoms with E-state index in [4.69, 9.17) is 16.3 Å². The second-order valence-electron chi connectivity index (χ2n) is 3.07. The third-order valence-electron chi connectivity index (χ3n) is 1.97. The third kappa shape index (κ3) is 3.61. The van der Waals surface area contributed by atoms with E-state index in [1.165, 1.54) is 6.20 Å². The maximum absolute atomic E-state index is 12.8. The molecule has 17 heavy (non-hydrogen) atoms. The molecular weight excluding hydrogens is 319 g/mol. The van der Waals surface area contributed by atoms with Crippen molar-refractivity contribution in [1.82, 2.24) is 4.98 Å². The smallest absolute Gasteiger partial charge is 0.310 e. The molecule has 1 heterocycles. The van der Waals surface area contributed by atoms with Gasteiger partial charge in [0.2, 0.25) is 0 Å². The zero-order chi connectivity index (χ0) is 13.0. The number of halogens is 4. The number of pyridine rings is 1. The van der Waals surface area contributed by atoms with Gasteiger partial charge >= 0.3 is 5.97 Å². The minimum atomic E-state index is -2.79. The Labute approximate surface area is 110 Å². The lowest BCUT2D eigenvalue weighted by molar-refractivity contribution is -0.142. The number of hydrogen-bond acceptors (Lipinski definition) is 3. The number of hydrogen-bond donors (Lipinski definition) is 0. The summed E-state index contributed by atoms with van der Waals surface area (Å²) >= 11 is 8.66. The van der Waals surface area contributed by atoms with Crippen molar-refractivity contribution in [3.05, 3.63) is 26.9 Å². The second kappa shape index (κ2) is 6.26. The fourth-order valence-electron chi connectivity index (χ4n) is 1.27. The summed E-state index contributed by atoms with van der Waals surface area (Å²) < 4.78 is 30.6. The molecule has 0 fully saturated rings. The number of aromatic nitrogens is 1. The highest BCUT2D eigenvalue weighted by molar-refractivity contribution is 9.10. The first-order chi connectivity index (χ1) is 7.97. The predicted molar refractivity (Wildman–Crippen MR) is 62.2 cm³/mol. The average molecular weight is 329 g/mol. The molecule has 94 valence electrons. The molecule has 1 rings (SSSR count). The first-order valence-electron chi connectivity index (χ1n) is 4.73. The topological polar surface area (TPSA) is 39.2 Å². The van der Waals surface area contributed by atoms with Crippen LogP contribution in [-0.2, 0) is 16.0 Å². The lowest BCUT2D eigenvalue weighted by Crippen LogP contribution is -2.11. The van der Waals surface area contributed by atoms with E-state index in [-0.39, 0.29) is 23.7 Å². The van der Waals surface area contributed by atoms with Crippen molar-refractivity contribution in [2.24, 2.45) is 0 Å². The monoisotopic (exact) mass is 327 g/mol. The molecule has 0 unspecified atom stereocenters. The summed E-state index contributed by atoms with van der Waals surface area (Å²) in [5.74, 6) is -0.586. The zero-order valence-electron chi connectivity index (χ0n) is 8.84. The molecule has 0 aliphatic rings. The fraction of sp³-hybridized carbons (Fsp3) is 0.400. The van der Waals surface area contributed by atoms with Crippen LogP contribution in [0.2, 0.25) is 5.15 Å². The van der Waals surface area contributed by atoms with Crippen LogP contribution in [0.25, 0.3) is 0 Å². The van der Waals surface area contributed by atoms with Gasteiger partial charge in [-0.1, -0.05) is 11.6 Å². The summed E-state index contributed by atoms with van der Waals surface area (Å²) in [4.78, 5) is 14.9. The Morgan fingerprint density at radius 3 is 2.82 bits per heavy atom. The molecule has 0 saturated heterocycles. The summed E-state index contributed by atoms with van der Waals surface area (Å²) in [7, 11) is 0. The van der Waals surface area contributed by atoms with E-state index in [1.54, 1.807) is 6.92 Å². The molecule has 0 N–H and O–H groups in total. The van der Waals surface area contributed by atoms with Gasteiger partial charge in [-0.15, -0.1) is 0 Å². The lowest BCUT2D eigenvalue weighted by Gasteiger charge is -2.11. The van der Waals surface area contributed by atoms with E-state index < -0.39 is 18.0 Å². The van der Waals surface area contributed by atoms with Crippen molar-refractivity contribution in [3.63, 3.8) is 0 Å². The summed E-state index contributed by atoms with van der Waals surface area (Å²) in [5.41, 5.74) is -0.326. The highest BCUT2D eigenvalue weighted by Gasteiger charge is 2.22. The number of carbonyl (C=O) groups is 1. The van der Waals surface area contributed by atoms with Gasteiger partial charge in [0.05, 0.1) is 18.6 Å². The summed E-state index contributed by atoms with van der Waals surface area (Å²) in [6, 6.07) is 0. The van der Waals surface area contributed by atoms with Gasteiger partial charge in [0, 0.05) is 10.7 Å². The highest BCUT2D eigenvalue weighted by Crippen LogP contribution is 2.33. The van der Waals surface area contributed by atoms with E-state index in [2.05, 4.69) is 20.9 Å². The van der Waals surface area contributed by atoms with E-state index in [0.29, 0.717) is 4.47 Å². The van der Waals surface area contributed by atoms with Crippen LogP contribution in [0.1, 0.15) is 24.5 Å². The van der Waals surface area contributed by atoms with E-state index in [9.17, 15) is 13.6 Å². The minimum Gasteiger partial charge on any atom is -0.466 e. The van der Waals surface area contributed by atoms with Crippen LogP contribution in [0.5, 0.6) is 0 Å². The van der Waals surface area contributed by atoms with Crippen LogP contribution in [0, 0.1) is 0 Å². The van der Waals surface area contributed by atoms with E-state index in [0.717, 1.165) is 0 Å². The highest BCUT2D eigenvalue weighted by atomic mass is 79.9. The minimum absolute atomic E-state index is 0.110. The number of carbonyl (C=O) groups excluding carboxylic acids is 1. The molecule has 0 amide bonds. The third-order valence-corrected chi connectivity index (χ3v) is 2.96. The van der Waals surface area contributed by atoms with Crippen LogP contribution in [0.3, 0.4) is 0 Å². The van der Waals surface area contributed by atoms with Gasteiger partial charge in [-0.2, -0.15) is 0 Å². The summed E-state index contributed by atoms with van der Waals surface area (Å²) in [6.45, 7) is 1.83. The number of rotatable bonds is 4. The van der Waals surface area contributed by atoms with Gasteiger partial charge < -0.3 is 4.74 Å². The zero-order valence-corrected chi connectivity index (χ0v) is 11.2. The van der Waals surface area contributed by atoms with Gasteiger partial charge in [0.25, 0.3) is 6.43 Å². The van der Waals surface area contributed by atoms with Gasteiger partial charge in [-0.05, 0) is 28.4 Å². The molecule has 0 bridgehead atoms. The molecular formula is C10H9BrClF2NO2. The number of ether oxygens (including phenoxy) is 1. The van der Waals surface area contributed by atoms with Crippen LogP contribution >= 0.6 is 27.5 Å². The lowest BCUT2D eigenvalue weighted by atomic mass is 10.1. The molecule has 0 radical (unpaired) electrons. The number of esters is 1. The molecule has 0 saturated carbocycles. The predicted octanol–water partition coefficient (Wildman–Crippen LogP) is 3.54. The van der Waals surface area contributed by atoms with Crippen LogP contribution in [0.15, 0.2) is 10.7 Å². The summed E-state index contributed by atoms with van der Waals surface area (Å²) in [5, 5.41) is -0.303. The normalized spacial score (nSPS) is 10.7. The van der Waals surface area contributed by atoms with Crippen molar-refractivity contribution < 1.29 is 18.3 Å². The Hall–Kier alpha value is -0.750. The molecule has 1 aromatic heterocycles. The first-order valence-corrected chi connectivity index (χ1v) is 5.91. The van der Waals surface area contributed by atoms with Gasteiger partial charge in [0.15, 0.2) is 0 Å². The van der Waals surface area contributed by atoms with Gasteiger partial charge in [-0.3, -0.25) is 4.79 Å². The van der Waals surface area contributed by atoms with Crippen molar-refractivity contribution in [2.45, 2.75) is 19.8 Å². The quantitative estimate of drug-likeness (QED) is 0.627. The largest absolute Gasteiger partial charge is 0.466 e. The Morgan fingerprint density at radius 1 is 1.65 bits per heavy atom. The molecule has 0 atom stereocenters. The van der Waals surface area contributed by atoms with E-state index >= 15 is 0 Å². The van der Waals surface area contributed by atoms with Crippen LogP contribution in [-0.4, -0.2) is 17.6 Å². The first kappa shape index (κ1) is 14.3. The Balaban J connectivity index is 3.12. The van der Waals surface area contributed by atoms with Crippen molar-refractivity contribution >= 4 is 33.5 Å². The maximum atomic E-state index is 12.8. The van der Waals surface area contributed by atoms with Crippen molar-refractivity contribution in [1.29, 1.82) is 0 Å². The molecule has 0 aliphatic heterocycles. The SMILES string of the molecule is CCOC(=O)Cc1c(Br)cnc(Cl)c1C(F)F. The second-order valence-corrected chi connectivity index (χ2v) is 4.28. The van der Waals surface area contributed by atoms with Crippen molar-refractivity contribution in [3.8, 4) is 0 Å². The molecule has 0 aromatic carbocycles. The van der Waals surface area contributed by atoms with E-state index in [1.807, 2.05) is 0 Å². The van der Waals surface area contributed by atoms with Crippen LogP contribution in [0.4, 0.5) is 8.78 Å². The average Bonchev–Trinajstić information content (AvgIpc) is 2.23. The Morgan fingerprint density at radius 2 is 2.29 bits per heavy atom. The van der Waals surface area contributed by atoms with Gasteiger partial charge in [0.1, 0.15) is 5.15 Å².